The molecule has 4 heteroatoms. The molecule has 1 fully saturated rings. The van der Waals surface area contributed by atoms with E-state index in [-0.39, 0.29) is 11.8 Å². The lowest BCUT2D eigenvalue weighted by Gasteiger charge is -2.07. The lowest BCUT2D eigenvalue weighted by Crippen LogP contribution is -2.25. The van der Waals surface area contributed by atoms with E-state index in [1.165, 1.54) is 0 Å². The molecule has 1 aliphatic carbocycles. The second kappa shape index (κ2) is 4.37. The molecule has 0 spiro atoms. The van der Waals surface area contributed by atoms with Gasteiger partial charge in [-0.05, 0) is 31.9 Å². The Bertz CT molecular complexity index is 605. The SMILES string of the molecule is Cc1nc2ccccc2nc1CNC(=O)C1CC1. The number of aryl methyl sites for hydroxylation is 1. The Morgan fingerprint density at radius 1 is 1.28 bits per heavy atom. The van der Waals surface area contributed by atoms with Crippen LogP contribution in [0, 0.1) is 12.8 Å². The molecule has 0 bridgehead atoms. The maximum atomic E-state index is 11.6. The van der Waals surface area contributed by atoms with Crippen molar-refractivity contribution in [3.05, 3.63) is 35.7 Å². The van der Waals surface area contributed by atoms with E-state index in [0.29, 0.717) is 6.54 Å². The molecule has 0 saturated heterocycles. The first-order chi connectivity index (χ1) is 8.74. The van der Waals surface area contributed by atoms with E-state index >= 15 is 0 Å². The van der Waals surface area contributed by atoms with Crippen molar-refractivity contribution in [3.8, 4) is 0 Å². The molecule has 0 unspecified atom stereocenters. The number of hydrogen-bond donors (Lipinski definition) is 1. The van der Waals surface area contributed by atoms with E-state index in [1.807, 2.05) is 31.2 Å². The summed E-state index contributed by atoms with van der Waals surface area (Å²) in [5, 5.41) is 2.92. The lowest BCUT2D eigenvalue weighted by atomic mass is 10.2. The summed E-state index contributed by atoms with van der Waals surface area (Å²) in [5.74, 6) is 0.378. The van der Waals surface area contributed by atoms with Gasteiger partial charge in [-0.15, -0.1) is 0 Å². The normalized spacial score (nSPS) is 14.7. The van der Waals surface area contributed by atoms with Crippen molar-refractivity contribution >= 4 is 16.9 Å². The van der Waals surface area contributed by atoms with Crippen LogP contribution in [0.15, 0.2) is 24.3 Å². The number of aromatic nitrogens is 2. The molecule has 0 atom stereocenters. The average molecular weight is 241 g/mol. The highest BCUT2D eigenvalue weighted by atomic mass is 16.2. The van der Waals surface area contributed by atoms with Gasteiger partial charge in [-0.2, -0.15) is 0 Å². The van der Waals surface area contributed by atoms with Crippen molar-refractivity contribution in [2.75, 3.05) is 0 Å². The van der Waals surface area contributed by atoms with Crippen molar-refractivity contribution in [1.82, 2.24) is 15.3 Å². The Kier molecular flexibility index (Phi) is 2.70. The Morgan fingerprint density at radius 3 is 2.61 bits per heavy atom. The van der Waals surface area contributed by atoms with Gasteiger partial charge in [-0.25, -0.2) is 9.97 Å². The van der Waals surface area contributed by atoms with E-state index in [1.54, 1.807) is 0 Å². The molecule has 1 aromatic carbocycles. The molecule has 0 aliphatic heterocycles. The molecule has 1 N–H and O–H groups in total. The van der Waals surface area contributed by atoms with E-state index in [9.17, 15) is 4.79 Å². The van der Waals surface area contributed by atoms with Gasteiger partial charge >= 0.3 is 0 Å². The van der Waals surface area contributed by atoms with Gasteiger partial charge < -0.3 is 5.32 Å². The van der Waals surface area contributed by atoms with Crippen LogP contribution in [0.2, 0.25) is 0 Å². The third kappa shape index (κ3) is 2.18. The molecule has 1 saturated carbocycles. The minimum atomic E-state index is 0.143. The maximum absolute atomic E-state index is 11.6. The lowest BCUT2D eigenvalue weighted by molar-refractivity contribution is -0.122. The summed E-state index contributed by atoms with van der Waals surface area (Å²) in [7, 11) is 0. The quantitative estimate of drug-likeness (QED) is 0.893. The molecular formula is C14H15N3O. The number of para-hydroxylation sites is 2. The molecule has 1 aliphatic rings. The fraction of sp³-hybridized carbons (Fsp3) is 0.357. The molecule has 1 amide bonds. The highest BCUT2D eigenvalue weighted by Gasteiger charge is 2.29. The number of carbonyl (C=O) groups is 1. The zero-order chi connectivity index (χ0) is 12.5. The van der Waals surface area contributed by atoms with Crippen molar-refractivity contribution in [1.29, 1.82) is 0 Å². The summed E-state index contributed by atoms with van der Waals surface area (Å²) < 4.78 is 0. The first-order valence-corrected chi connectivity index (χ1v) is 6.24. The third-order valence-electron chi connectivity index (χ3n) is 3.22. The van der Waals surface area contributed by atoms with Crippen LogP contribution in [-0.2, 0) is 11.3 Å². The van der Waals surface area contributed by atoms with E-state index in [2.05, 4.69) is 15.3 Å². The minimum Gasteiger partial charge on any atom is -0.350 e. The fourth-order valence-electron chi connectivity index (χ4n) is 1.95. The second-order valence-corrected chi connectivity index (χ2v) is 4.74. The largest absolute Gasteiger partial charge is 0.350 e. The van der Waals surface area contributed by atoms with Crippen LogP contribution in [-0.4, -0.2) is 15.9 Å². The number of rotatable bonds is 3. The van der Waals surface area contributed by atoms with Crippen LogP contribution in [0.3, 0.4) is 0 Å². The summed E-state index contributed by atoms with van der Waals surface area (Å²) in [4.78, 5) is 20.6. The molecule has 18 heavy (non-hydrogen) atoms. The Balaban J connectivity index is 1.82. The molecule has 3 rings (SSSR count). The minimum absolute atomic E-state index is 0.143. The molecule has 1 heterocycles. The number of amides is 1. The molecule has 1 aromatic heterocycles. The number of benzene rings is 1. The number of nitrogens with zero attached hydrogens (tertiary/aromatic N) is 2. The van der Waals surface area contributed by atoms with Crippen LogP contribution in [0.5, 0.6) is 0 Å². The van der Waals surface area contributed by atoms with Gasteiger partial charge in [0.05, 0.1) is 29.0 Å². The number of fused-ring (bicyclic) bond motifs is 1. The smallest absolute Gasteiger partial charge is 0.223 e. The van der Waals surface area contributed by atoms with Crippen LogP contribution >= 0.6 is 0 Å². The van der Waals surface area contributed by atoms with Gasteiger partial charge in [0, 0.05) is 5.92 Å². The van der Waals surface area contributed by atoms with Crippen LogP contribution in [0.25, 0.3) is 11.0 Å². The summed E-state index contributed by atoms with van der Waals surface area (Å²) in [6, 6.07) is 7.78. The highest BCUT2D eigenvalue weighted by Crippen LogP contribution is 2.28. The van der Waals surface area contributed by atoms with Crippen LogP contribution in [0.1, 0.15) is 24.2 Å². The Hall–Kier alpha value is -1.97. The number of hydrogen-bond acceptors (Lipinski definition) is 3. The van der Waals surface area contributed by atoms with Crippen LogP contribution in [0.4, 0.5) is 0 Å². The maximum Gasteiger partial charge on any atom is 0.223 e. The second-order valence-electron chi connectivity index (χ2n) is 4.74. The molecule has 2 aromatic rings. The summed E-state index contributed by atoms with van der Waals surface area (Å²) in [6.45, 7) is 2.40. The van der Waals surface area contributed by atoms with E-state index < -0.39 is 0 Å². The zero-order valence-electron chi connectivity index (χ0n) is 10.3. The molecule has 0 radical (unpaired) electrons. The Labute approximate surface area is 105 Å². The van der Waals surface area contributed by atoms with Crippen molar-refractivity contribution < 1.29 is 4.79 Å². The van der Waals surface area contributed by atoms with Crippen molar-refractivity contribution in [2.45, 2.75) is 26.3 Å². The van der Waals surface area contributed by atoms with Gasteiger partial charge in [0.25, 0.3) is 0 Å². The molecular weight excluding hydrogens is 226 g/mol. The van der Waals surface area contributed by atoms with Gasteiger partial charge in [-0.1, -0.05) is 12.1 Å². The average Bonchev–Trinajstić information content (AvgIpc) is 3.20. The van der Waals surface area contributed by atoms with Gasteiger partial charge in [0.15, 0.2) is 0 Å². The summed E-state index contributed by atoms with van der Waals surface area (Å²) in [6.07, 6.45) is 2.04. The molecule has 4 nitrogen and oxygen atoms in total. The predicted octanol–water partition coefficient (Wildman–Crippen LogP) is 1.96. The standard InChI is InChI=1S/C14H15N3O/c1-9-13(8-15-14(18)10-6-7-10)17-12-5-3-2-4-11(12)16-9/h2-5,10H,6-8H2,1H3,(H,15,18). The van der Waals surface area contributed by atoms with Crippen LogP contribution < -0.4 is 5.32 Å². The first-order valence-electron chi connectivity index (χ1n) is 6.24. The third-order valence-corrected chi connectivity index (χ3v) is 3.22. The summed E-state index contributed by atoms with van der Waals surface area (Å²) >= 11 is 0. The zero-order valence-corrected chi connectivity index (χ0v) is 10.3. The first kappa shape index (κ1) is 11.1. The van der Waals surface area contributed by atoms with Gasteiger partial charge in [-0.3, -0.25) is 4.79 Å². The monoisotopic (exact) mass is 241 g/mol. The van der Waals surface area contributed by atoms with Gasteiger partial charge in [0.1, 0.15) is 0 Å². The van der Waals surface area contributed by atoms with E-state index in [4.69, 9.17) is 0 Å². The predicted molar refractivity (Wildman–Crippen MR) is 68.8 cm³/mol. The van der Waals surface area contributed by atoms with Crippen molar-refractivity contribution in [3.63, 3.8) is 0 Å². The topological polar surface area (TPSA) is 54.9 Å². The summed E-state index contributed by atoms with van der Waals surface area (Å²) in [5.41, 5.74) is 3.50. The van der Waals surface area contributed by atoms with Crippen molar-refractivity contribution in [2.24, 2.45) is 5.92 Å². The van der Waals surface area contributed by atoms with Gasteiger partial charge in [0.2, 0.25) is 5.91 Å². The van der Waals surface area contributed by atoms with E-state index in [0.717, 1.165) is 35.3 Å². The molecule has 92 valence electrons. The number of nitrogens with one attached hydrogen (secondary N) is 1. The highest BCUT2D eigenvalue weighted by molar-refractivity contribution is 5.81. The Morgan fingerprint density at radius 2 is 1.94 bits per heavy atom. The number of carbonyl (C=O) groups excluding carboxylic acids is 1. The fourth-order valence-corrected chi connectivity index (χ4v) is 1.95.